The van der Waals surface area contributed by atoms with Gasteiger partial charge in [0.15, 0.2) is 0 Å². The average molecular weight is 365 g/mol. The molecule has 1 aliphatic carbocycles. The smallest absolute Gasteiger partial charge is 0.243 e. The monoisotopic (exact) mass is 364 g/mol. The molecule has 25 heavy (non-hydrogen) atoms. The first-order valence-electron chi connectivity index (χ1n) is 9.18. The molecule has 6 heteroatoms. The summed E-state index contributed by atoms with van der Waals surface area (Å²) in [5.74, 6) is 0.0807. The molecule has 0 radical (unpaired) electrons. The van der Waals surface area contributed by atoms with Crippen molar-refractivity contribution < 1.29 is 13.2 Å². The third-order valence-electron chi connectivity index (χ3n) is 5.72. The maximum absolute atomic E-state index is 12.8. The Hall–Kier alpha value is -1.40. The van der Waals surface area contributed by atoms with E-state index in [2.05, 4.69) is 12.2 Å². The van der Waals surface area contributed by atoms with Crippen molar-refractivity contribution in [1.82, 2.24) is 9.62 Å². The summed E-state index contributed by atoms with van der Waals surface area (Å²) in [4.78, 5) is 12.2. The summed E-state index contributed by atoms with van der Waals surface area (Å²) in [6, 6.07) is 7.41. The highest BCUT2D eigenvalue weighted by atomic mass is 32.2. The van der Waals surface area contributed by atoms with Crippen molar-refractivity contribution >= 4 is 15.9 Å². The first kappa shape index (κ1) is 18.4. The number of carbonyl (C=O) groups is 1. The zero-order chi connectivity index (χ0) is 18.2. The number of benzene rings is 1. The van der Waals surface area contributed by atoms with Crippen LogP contribution < -0.4 is 5.32 Å². The maximum Gasteiger partial charge on any atom is 0.243 e. The van der Waals surface area contributed by atoms with Crippen LogP contribution in [0.1, 0.15) is 45.6 Å². The molecule has 1 atom stereocenters. The second-order valence-electron chi connectivity index (χ2n) is 7.68. The second-order valence-corrected chi connectivity index (χ2v) is 9.62. The molecule has 1 unspecified atom stereocenters. The van der Waals surface area contributed by atoms with Gasteiger partial charge in [-0.3, -0.25) is 4.79 Å². The highest BCUT2D eigenvalue weighted by Crippen LogP contribution is 2.54. The molecule has 1 aromatic carbocycles. The van der Waals surface area contributed by atoms with E-state index in [0.717, 1.165) is 31.2 Å². The number of sulfonamides is 1. The van der Waals surface area contributed by atoms with Crippen LogP contribution in [0.25, 0.3) is 0 Å². The highest BCUT2D eigenvalue weighted by molar-refractivity contribution is 7.89. The van der Waals surface area contributed by atoms with Crippen molar-refractivity contribution in [1.29, 1.82) is 0 Å². The zero-order valence-electron chi connectivity index (χ0n) is 15.3. The number of amides is 1. The minimum atomic E-state index is -3.42. The first-order valence-corrected chi connectivity index (χ1v) is 10.6. The molecule has 1 heterocycles. The lowest BCUT2D eigenvalue weighted by Crippen LogP contribution is -2.42. The van der Waals surface area contributed by atoms with Crippen LogP contribution in [0.3, 0.4) is 0 Å². The summed E-state index contributed by atoms with van der Waals surface area (Å²) >= 11 is 0. The van der Waals surface area contributed by atoms with E-state index in [-0.39, 0.29) is 23.3 Å². The minimum Gasteiger partial charge on any atom is -0.353 e. The zero-order valence-corrected chi connectivity index (χ0v) is 16.1. The van der Waals surface area contributed by atoms with Gasteiger partial charge in [-0.15, -0.1) is 0 Å². The van der Waals surface area contributed by atoms with Gasteiger partial charge >= 0.3 is 0 Å². The van der Waals surface area contributed by atoms with Gasteiger partial charge in [-0.05, 0) is 48.8 Å². The summed E-state index contributed by atoms with van der Waals surface area (Å²) in [6.07, 6.45) is 3.52. The number of rotatable bonds is 5. The number of nitrogens with zero attached hydrogens (tertiary/aromatic N) is 1. The van der Waals surface area contributed by atoms with Crippen molar-refractivity contribution in [3.63, 3.8) is 0 Å². The number of hydrogen-bond donors (Lipinski definition) is 1. The Bertz CT molecular complexity index is 732. The predicted octanol–water partition coefficient (Wildman–Crippen LogP) is 2.56. The Morgan fingerprint density at radius 3 is 2.36 bits per heavy atom. The molecule has 138 valence electrons. The fourth-order valence-electron chi connectivity index (χ4n) is 3.66. The highest BCUT2D eigenvalue weighted by Gasteiger charge is 2.56. The van der Waals surface area contributed by atoms with Crippen molar-refractivity contribution in [2.24, 2.45) is 11.3 Å². The Balaban J connectivity index is 1.61. The molecule has 1 aromatic rings. The van der Waals surface area contributed by atoms with Crippen LogP contribution in [0, 0.1) is 11.3 Å². The van der Waals surface area contributed by atoms with Crippen LogP contribution in [0.5, 0.6) is 0 Å². The second kappa shape index (κ2) is 6.72. The van der Waals surface area contributed by atoms with Gasteiger partial charge in [-0.1, -0.05) is 32.9 Å². The fourth-order valence-corrected chi connectivity index (χ4v) is 5.10. The molecule has 2 aliphatic rings. The first-order chi connectivity index (χ1) is 11.8. The summed E-state index contributed by atoms with van der Waals surface area (Å²) in [5, 5.41) is 3.10. The summed E-state index contributed by atoms with van der Waals surface area (Å²) in [7, 11) is -3.42. The summed E-state index contributed by atoms with van der Waals surface area (Å²) in [5.41, 5.74) is 1.25. The van der Waals surface area contributed by atoms with E-state index in [9.17, 15) is 13.2 Å². The summed E-state index contributed by atoms with van der Waals surface area (Å²) in [6.45, 7) is 6.91. The fraction of sp³-hybridized carbons (Fsp3) is 0.632. The van der Waals surface area contributed by atoms with E-state index in [1.807, 2.05) is 26.0 Å². The molecule has 2 fully saturated rings. The number of nitrogens with one attached hydrogen (secondary N) is 1. The predicted molar refractivity (Wildman–Crippen MR) is 97.6 cm³/mol. The molecule has 1 spiro atoms. The van der Waals surface area contributed by atoms with Crippen LogP contribution in [0.4, 0.5) is 0 Å². The van der Waals surface area contributed by atoms with Crippen molar-refractivity contribution in [3.8, 4) is 0 Å². The van der Waals surface area contributed by atoms with Crippen molar-refractivity contribution in [3.05, 3.63) is 29.8 Å². The molecule has 5 nitrogen and oxygen atoms in total. The molecule has 1 aliphatic heterocycles. The lowest BCUT2D eigenvalue weighted by molar-refractivity contribution is -0.124. The number of carbonyl (C=O) groups excluding carboxylic acids is 1. The van der Waals surface area contributed by atoms with Crippen LogP contribution >= 0.6 is 0 Å². The molecular formula is C19H28N2O3S. The summed E-state index contributed by atoms with van der Waals surface area (Å²) < 4.78 is 27.2. The number of hydrogen-bond acceptors (Lipinski definition) is 3. The van der Waals surface area contributed by atoms with Gasteiger partial charge in [-0.25, -0.2) is 8.42 Å². The Morgan fingerprint density at radius 2 is 1.84 bits per heavy atom. The van der Waals surface area contributed by atoms with E-state index in [1.165, 1.54) is 0 Å². The normalized spacial score (nSPS) is 23.0. The molecular weight excluding hydrogens is 336 g/mol. The molecule has 3 rings (SSSR count). The van der Waals surface area contributed by atoms with Gasteiger partial charge in [0.05, 0.1) is 4.90 Å². The minimum absolute atomic E-state index is 0.00999. The Labute approximate surface area is 150 Å². The third kappa shape index (κ3) is 3.60. The third-order valence-corrected chi connectivity index (χ3v) is 7.63. The van der Waals surface area contributed by atoms with Crippen molar-refractivity contribution in [2.45, 2.75) is 57.4 Å². The van der Waals surface area contributed by atoms with Gasteiger partial charge in [0.2, 0.25) is 15.9 Å². The van der Waals surface area contributed by atoms with E-state index >= 15 is 0 Å². The standard InChI is InChI=1S/C19H28N2O3S/c1-4-15-5-7-16(8-6-15)25(23,24)21-11-9-19(10-12-21)13-17(19)20-18(22)14(2)3/h5-8,14,17H,4,9-13H2,1-3H3,(H,20,22). The SMILES string of the molecule is CCc1ccc(S(=O)(=O)N2CCC3(CC2)CC3NC(=O)C(C)C)cc1. The van der Waals surface area contributed by atoms with E-state index in [0.29, 0.717) is 18.0 Å². The lowest BCUT2D eigenvalue weighted by Gasteiger charge is -2.32. The lowest BCUT2D eigenvalue weighted by atomic mass is 9.94. The molecule has 1 saturated carbocycles. The van der Waals surface area contributed by atoms with Gasteiger partial charge in [0, 0.05) is 25.0 Å². The quantitative estimate of drug-likeness (QED) is 0.873. The number of piperidine rings is 1. The van der Waals surface area contributed by atoms with Crippen LogP contribution in [0.2, 0.25) is 0 Å². The van der Waals surface area contributed by atoms with Gasteiger partial charge < -0.3 is 5.32 Å². The molecule has 1 N–H and O–H groups in total. The van der Waals surface area contributed by atoms with Crippen LogP contribution in [-0.2, 0) is 21.2 Å². The van der Waals surface area contributed by atoms with Gasteiger partial charge in [0.1, 0.15) is 0 Å². The van der Waals surface area contributed by atoms with Gasteiger partial charge in [-0.2, -0.15) is 4.31 Å². The van der Waals surface area contributed by atoms with Crippen molar-refractivity contribution in [2.75, 3.05) is 13.1 Å². The van der Waals surface area contributed by atoms with Crippen LogP contribution in [-0.4, -0.2) is 37.8 Å². The van der Waals surface area contributed by atoms with Gasteiger partial charge in [0.25, 0.3) is 0 Å². The molecule has 0 bridgehead atoms. The number of aryl methyl sites for hydroxylation is 1. The van der Waals surface area contributed by atoms with E-state index in [4.69, 9.17) is 0 Å². The topological polar surface area (TPSA) is 66.5 Å². The van der Waals surface area contributed by atoms with E-state index < -0.39 is 10.0 Å². The molecule has 0 aromatic heterocycles. The van der Waals surface area contributed by atoms with Crippen LogP contribution in [0.15, 0.2) is 29.2 Å². The average Bonchev–Trinajstić information content (AvgIpc) is 3.26. The molecule has 1 amide bonds. The Morgan fingerprint density at radius 1 is 1.24 bits per heavy atom. The Kier molecular flexibility index (Phi) is 4.95. The molecule has 1 saturated heterocycles. The largest absolute Gasteiger partial charge is 0.353 e. The maximum atomic E-state index is 12.8. The van der Waals surface area contributed by atoms with E-state index in [1.54, 1.807) is 16.4 Å².